The van der Waals surface area contributed by atoms with Crippen molar-refractivity contribution in [3.05, 3.63) is 142 Å². The van der Waals surface area contributed by atoms with Gasteiger partial charge in [-0.25, -0.2) is 0 Å². The summed E-state index contributed by atoms with van der Waals surface area (Å²) in [6.07, 6.45) is 9.81. The molecule has 0 atom stereocenters. The maximum atomic E-state index is 2.83. The molecule has 8 heteroatoms. The van der Waals surface area contributed by atoms with Crippen molar-refractivity contribution < 1.29 is 0 Å². The summed E-state index contributed by atoms with van der Waals surface area (Å²) in [4.78, 5) is 0. The van der Waals surface area contributed by atoms with Crippen molar-refractivity contribution in [3.8, 4) is 0 Å². The molecule has 224 valence electrons. The Hall–Kier alpha value is -2.97. The van der Waals surface area contributed by atoms with Gasteiger partial charge in [-0.15, -0.1) is 0 Å². The summed E-state index contributed by atoms with van der Waals surface area (Å²) >= 11 is 0.750. The van der Waals surface area contributed by atoms with Gasteiger partial charge in [0, 0.05) is 0 Å². The van der Waals surface area contributed by atoms with Crippen LogP contribution in [0, 0.1) is 55.4 Å². The molecule has 44 heavy (non-hydrogen) atoms. The van der Waals surface area contributed by atoms with Crippen LogP contribution in [0.3, 0.4) is 0 Å². The second-order valence-electron chi connectivity index (χ2n) is 12.3. The molecule has 3 aliphatic rings. The molecule has 0 N–H and O–H groups in total. The third kappa shape index (κ3) is 4.27. The van der Waals surface area contributed by atoms with E-state index in [4.69, 9.17) is 0 Å². The minimum absolute atomic E-state index is 0.375. The van der Waals surface area contributed by atoms with E-state index < -0.39 is 11.2 Å². The number of para-hydroxylation sites is 4. The molecular formula is C36H40N4Se2Si2. The summed E-state index contributed by atoms with van der Waals surface area (Å²) in [6.45, 7) is 18.4. The van der Waals surface area contributed by atoms with Gasteiger partial charge in [0.15, 0.2) is 0 Å². The summed E-state index contributed by atoms with van der Waals surface area (Å²) in [5.74, 6) is 0. The van der Waals surface area contributed by atoms with E-state index in [9.17, 15) is 0 Å². The number of nitrogens with zero attached hydrogens (tertiary/aromatic N) is 4. The van der Waals surface area contributed by atoms with Crippen LogP contribution in [0.2, 0.25) is 0 Å². The van der Waals surface area contributed by atoms with Crippen LogP contribution in [-0.4, -0.2) is 38.6 Å². The average molecular weight is 743 g/mol. The molecule has 3 heterocycles. The number of hydrogen-bond acceptors (Lipinski definition) is 4. The molecule has 0 aromatic heterocycles. The summed E-state index contributed by atoms with van der Waals surface area (Å²) in [6, 6.07) is 27.3. The molecule has 0 bridgehead atoms. The second kappa shape index (κ2) is 10.8. The topological polar surface area (TPSA) is 13.0 Å². The van der Waals surface area contributed by atoms with Crippen LogP contribution < -0.4 is 18.3 Å². The molecule has 0 radical (unpaired) electrons. The normalized spacial score (nSPS) is 17.8. The fourth-order valence-corrected chi connectivity index (χ4v) is 90.6. The quantitative estimate of drug-likeness (QED) is 0.199. The van der Waals surface area contributed by atoms with Gasteiger partial charge >= 0.3 is 277 Å². The molecule has 4 nitrogen and oxygen atoms in total. The molecule has 4 aromatic carbocycles. The molecule has 7 rings (SSSR count). The van der Waals surface area contributed by atoms with E-state index >= 15 is 0 Å². The van der Waals surface area contributed by atoms with Gasteiger partial charge in [-0.2, -0.15) is 0 Å². The number of hydrogen-bond donors (Lipinski definition) is 0. The standard InChI is InChI=1S/C36H40N4Se2Si2/c1-25-13-9-14-26(2)33(25)37-21-22-38(34-27(3)15-10-16-28(34)4)43(37)41-44(42-43)39(35-29(5)17-11-18-30(35)6)23-24-40(44)36-31(7)19-12-20-32(36)8/h9-24H,1-8H3. The van der Waals surface area contributed by atoms with Crippen LogP contribution in [0.1, 0.15) is 44.5 Å². The van der Waals surface area contributed by atoms with Gasteiger partial charge in [0.1, 0.15) is 0 Å². The van der Waals surface area contributed by atoms with Gasteiger partial charge in [0.05, 0.1) is 0 Å². The molecular weight excluding hydrogens is 703 g/mol. The Balaban J connectivity index is 1.44. The molecule has 0 unspecified atom stereocenters. The van der Waals surface area contributed by atoms with Crippen LogP contribution in [-0.2, 0) is 0 Å². The Morgan fingerprint density at radius 1 is 0.341 bits per heavy atom. The molecule has 2 spiro atoms. The van der Waals surface area contributed by atoms with Crippen LogP contribution in [0.5, 0.6) is 0 Å². The van der Waals surface area contributed by atoms with Crippen molar-refractivity contribution in [3.63, 3.8) is 0 Å². The maximum absolute atomic E-state index is 2.83. The zero-order valence-electron chi connectivity index (χ0n) is 26.8. The summed E-state index contributed by atoms with van der Waals surface area (Å²) < 4.78 is 11.3. The van der Waals surface area contributed by atoms with Crippen molar-refractivity contribution >= 4 is 61.3 Å². The SMILES string of the molecule is Cc1cccc(C)c1N1C=CN(c2c(C)cccc2C)[Si]12[Se][Si]1([Se]2)N(c2c(C)cccc2C)C=CN1c1c(C)cccc1C. The average Bonchev–Trinajstić information content (AvgIpc) is 3.49. The first kappa shape index (κ1) is 29.7. The van der Waals surface area contributed by atoms with E-state index in [1.807, 2.05) is 0 Å². The molecule has 0 saturated carbocycles. The van der Waals surface area contributed by atoms with E-state index in [0.29, 0.717) is 27.4 Å². The van der Waals surface area contributed by atoms with Crippen molar-refractivity contribution in [1.29, 1.82) is 0 Å². The summed E-state index contributed by atoms with van der Waals surface area (Å²) in [7, 11) is 0. The molecule has 1 fully saturated rings. The predicted molar refractivity (Wildman–Crippen MR) is 195 cm³/mol. The van der Waals surface area contributed by atoms with Crippen LogP contribution in [0.15, 0.2) is 97.6 Å². The Bertz CT molecular complexity index is 1520. The van der Waals surface area contributed by atoms with Gasteiger partial charge in [0.25, 0.3) is 0 Å². The van der Waals surface area contributed by atoms with Crippen molar-refractivity contribution in [1.82, 2.24) is 0 Å². The van der Waals surface area contributed by atoms with Crippen molar-refractivity contribution in [2.24, 2.45) is 0 Å². The fourth-order valence-electron chi connectivity index (χ4n) is 7.23. The summed E-state index contributed by atoms with van der Waals surface area (Å²) in [5.41, 5.74) is 12.4. The Morgan fingerprint density at radius 2 is 0.523 bits per heavy atom. The van der Waals surface area contributed by atoms with E-state index in [1.165, 1.54) is 67.3 Å². The van der Waals surface area contributed by atoms with Crippen molar-refractivity contribution in [2.75, 3.05) is 18.3 Å². The van der Waals surface area contributed by atoms with Crippen LogP contribution in [0.25, 0.3) is 0 Å². The molecule has 3 aliphatic heterocycles. The first-order chi connectivity index (χ1) is 21.1. The first-order valence-electron chi connectivity index (χ1n) is 15.3. The third-order valence-electron chi connectivity index (χ3n) is 9.20. The van der Waals surface area contributed by atoms with Crippen molar-refractivity contribution in [2.45, 2.75) is 55.4 Å². The number of aryl methyl sites for hydroxylation is 8. The number of benzene rings is 4. The molecule has 0 aliphatic carbocycles. The molecule has 4 aromatic rings. The van der Waals surface area contributed by atoms with E-state index in [1.54, 1.807) is 0 Å². The van der Waals surface area contributed by atoms with E-state index in [0.717, 1.165) is 0 Å². The van der Waals surface area contributed by atoms with Gasteiger partial charge in [-0.1, -0.05) is 0 Å². The summed E-state index contributed by atoms with van der Waals surface area (Å²) in [5, 5.41) is 0. The monoisotopic (exact) mass is 744 g/mol. The Morgan fingerprint density at radius 3 is 0.705 bits per heavy atom. The van der Waals surface area contributed by atoms with Crippen LogP contribution in [0.4, 0.5) is 22.7 Å². The zero-order valence-corrected chi connectivity index (χ0v) is 32.3. The predicted octanol–water partition coefficient (Wildman–Crippen LogP) is 7.74. The number of rotatable bonds is 4. The van der Waals surface area contributed by atoms with E-state index in [2.05, 4.69) is 171 Å². The zero-order chi connectivity index (χ0) is 31.0. The molecule has 1 saturated heterocycles. The van der Waals surface area contributed by atoms with E-state index in [-0.39, 0.29) is 0 Å². The van der Waals surface area contributed by atoms with Crippen LogP contribution >= 0.6 is 0 Å². The minimum atomic E-state index is -2.18. The fraction of sp³-hybridized carbons (Fsp3) is 0.222. The molecule has 0 amide bonds. The number of anilines is 4. The third-order valence-corrected chi connectivity index (χ3v) is 80.1. The second-order valence-corrected chi connectivity index (χ2v) is 48.0. The Labute approximate surface area is 275 Å². The van der Waals surface area contributed by atoms with Gasteiger partial charge < -0.3 is 0 Å². The Kier molecular flexibility index (Phi) is 7.32. The van der Waals surface area contributed by atoms with Gasteiger partial charge in [0.2, 0.25) is 0 Å². The van der Waals surface area contributed by atoms with Gasteiger partial charge in [-0.3, -0.25) is 0 Å². The first-order valence-corrected chi connectivity index (χ1v) is 29.0. The van der Waals surface area contributed by atoms with Gasteiger partial charge in [-0.05, 0) is 0 Å².